The monoisotopic (exact) mass is 679 g/mol. The molecule has 0 bridgehead atoms. The van der Waals surface area contributed by atoms with Gasteiger partial charge < -0.3 is 24.1 Å². The van der Waals surface area contributed by atoms with Crippen molar-refractivity contribution in [2.75, 3.05) is 18.5 Å². The van der Waals surface area contributed by atoms with Crippen LogP contribution in [0.2, 0.25) is 0 Å². The number of ether oxygens (including phenoxy) is 4. The van der Waals surface area contributed by atoms with Crippen molar-refractivity contribution in [2.45, 2.75) is 44.3 Å². The van der Waals surface area contributed by atoms with Crippen molar-refractivity contribution >= 4 is 35.1 Å². The van der Waals surface area contributed by atoms with E-state index in [2.05, 4.69) is 20.3 Å². The van der Waals surface area contributed by atoms with Gasteiger partial charge >= 0.3 is 12.1 Å². The molecular weight excluding hydrogens is 646 g/mol. The van der Waals surface area contributed by atoms with Gasteiger partial charge in [-0.25, -0.2) is 14.6 Å². The van der Waals surface area contributed by atoms with Gasteiger partial charge in [0, 0.05) is 11.8 Å². The molecule has 0 saturated carbocycles. The van der Waals surface area contributed by atoms with Crippen LogP contribution >= 0.6 is 0 Å². The van der Waals surface area contributed by atoms with Gasteiger partial charge in [0.25, 0.3) is 5.56 Å². The average molecular weight is 680 g/mol. The number of aromatic amines is 1. The Balaban J connectivity index is 1.20. The lowest BCUT2D eigenvalue weighted by Crippen LogP contribution is -2.54. The Morgan fingerprint density at radius 3 is 2.30 bits per heavy atom. The number of H-pyrrole nitrogens is 1. The lowest BCUT2D eigenvalue weighted by Gasteiger charge is -2.39. The molecule has 0 radical (unpaired) electrons. The molecule has 1 aliphatic carbocycles. The molecule has 2 aliphatic rings. The standard InChI is InChI=1S/C36H33N5O9/c1-19(2)31(43)39-35-38-30-27(32(44)40-35)37-18-41(30)33-29(28(26(42)17-47-33)49-34(45)20-10-4-3-5-11-20)50-36(46)48-16-25-23-14-8-6-12-21(23)22-13-7-9-15-24(22)25/h3-15,18-19,25-26,28-29,33,42H,16-17H2,1-2H3,(H2,38,39,40,43,44)/t26-,28-,29+,33+/m0/s1. The number of aromatic nitrogens is 4. The molecule has 7 rings (SSSR count). The van der Waals surface area contributed by atoms with Gasteiger partial charge in [0.2, 0.25) is 11.9 Å². The molecule has 256 valence electrons. The number of carbonyl (C=O) groups excluding carboxylic acids is 3. The molecule has 1 aliphatic heterocycles. The summed E-state index contributed by atoms with van der Waals surface area (Å²) in [4.78, 5) is 63.1. The summed E-state index contributed by atoms with van der Waals surface area (Å²) in [5.41, 5.74) is 3.50. The second kappa shape index (κ2) is 13.6. The number of esters is 1. The highest BCUT2D eigenvalue weighted by molar-refractivity contribution is 5.91. The van der Waals surface area contributed by atoms with Crippen LogP contribution in [-0.2, 0) is 23.7 Å². The molecule has 50 heavy (non-hydrogen) atoms. The van der Waals surface area contributed by atoms with Crippen LogP contribution in [0.4, 0.5) is 10.7 Å². The summed E-state index contributed by atoms with van der Waals surface area (Å²) >= 11 is 0. The third-order valence-corrected chi connectivity index (χ3v) is 8.71. The zero-order chi connectivity index (χ0) is 34.9. The summed E-state index contributed by atoms with van der Waals surface area (Å²) in [5, 5.41) is 13.6. The van der Waals surface area contributed by atoms with Crippen molar-refractivity contribution in [3.63, 3.8) is 0 Å². The zero-order valence-electron chi connectivity index (χ0n) is 27.0. The summed E-state index contributed by atoms with van der Waals surface area (Å²) in [7, 11) is 0. The van der Waals surface area contributed by atoms with E-state index in [-0.39, 0.29) is 47.7 Å². The first kappa shape index (κ1) is 32.7. The van der Waals surface area contributed by atoms with Crippen LogP contribution < -0.4 is 10.9 Å². The largest absolute Gasteiger partial charge is 0.508 e. The maximum absolute atomic E-state index is 13.5. The Hall–Kier alpha value is -5.86. The third kappa shape index (κ3) is 6.21. The van der Waals surface area contributed by atoms with Crippen molar-refractivity contribution < 1.29 is 38.4 Å². The normalized spacial score (nSPS) is 19.8. The van der Waals surface area contributed by atoms with Crippen molar-refractivity contribution in [3.05, 3.63) is 112 Å². The van der Waals surface area contributed by atoms with E-state index in [0.29, 0.717) is 0 Å². The number of nitrogens with zero attached hydrogens (tertiary/aromatic N) is 3. The number of rotatable bonds is 8. The number of nitrogens with one attached hydrogen (secondary N) is 2. The van der Waals surface area contributed by atoms with E-state index in [0.717, 1.165) is 22.3 Å². The van der Waals surface area contributed by atoms with Gasteiger partial charge in [-0.1, -0.05) is 80.6 Å². The summed E-state index contributed by atoms with van der Waals surface area (Å²) in [6.45, 7) is 2.95. The van der Waals surface area contributed by atoms with Crippen LogP contribution in [-0.4, -0.2) is 74.2 Å². The Kier molecular flexibility index (Phi) is 8.87. The van der Waals surface area contributed by atoms with E-state index in [4.69, 9.17) is 18.9 Å². The summed E-state index contributed by atoms with van der Waals surface area (Å²) < 4.78 is 24.5. The molecule has 3 aromatic carbocycles. The molecule has 2 aromatic heterocycles. The van der Waals surface area contributed by atoms with Gasteiger partial charge in [-0.05, 0) is 34.4 Å². The Morgan fingerprint density at radius 1 is 0.960 bits per heavy atom. The number of aliphatic hydroxyl groups is 1. The van der Waals surface area contributed by atoms with Crippen LogP contribution in [0, 0.1) is 5.92 Å². The predicted molar refractivity (Wildman–Crippen MR) is 178 cm³/mol. The van der Waals surface area contributed by atoms with Crippen LogP contribution in [0.1, 0.15) is 47.5 Å². The predicted octanol–water partition coefficient (Wildman–Crippen LogP) is 4.16. The first-order valence-electron chi connectivity index (χ1n) is 16.0. The van der Waals surface area contributed by atoms with Gasteiger partial charge in [-0.2, -0.15) is 4.98 Å². The van der Waals surface area contributed by atoms with Crippen LogP contribution in [0.5, 0.6) is 0 Å². The van der Waals surface area contributed by atoms with Gasteiger partial charge in [-0.15, -0.1) is 0 Å². The molecular formula is C36H33N5O9. The molecule has 1 amide bonds. The van der Waals surface area contributed by atoms with E-state index in [1.165, 1.54) is 10.9 Å². The van der Waals surface area contributed by atoms with Gasteiger partial charge in [0.15, 0.2) is 29.6 Å². The first-order chi connectivity index (χ1) is 24.2. The van der Waals surface area contributed by atoms with Gasteiger partial charge in [0.05, 0.1) is 18.5 Å². The maximum Gasteiger partial charge on any atom is 0.508 e. The van der Waals surface area contributed by atoms with Crippen molar-refractivity contribution in [2.24, 2.45) is 5.92 Å². The molecule has 4 atom stereocenters. The number of amides is 1. The summed E-state index contributed by atoms with van der Waals surface area (Å²) in [6, 6.07) is 23.8. The van der Waals surface area contributed by atoms with Gasteiger partial charge in [-0.3, -0.25) is 24.5 Å². The fourth-order valence-corrected chi connectivity index (χ4v) is 6.21. The van der Waals surface area contributed by atoms with E-state index < -0.39 is 48.1 Å². The molecule has 14 heteroatoms. The first-order valence-corrected chi connectivity index (χ1v) is 16.0. The van der Waals surface area contributed by atoms with Crippen LogP contribution in [0.25, 0.3) is 22.3 Å². The highest BCUT2D eigenvalue weighted by Gasteiger charge is 2.47. The van der Waals surface area contributed by atoms with Gasteiger partial charge in [0.1, 0.15) is 12.7 Å². The van der Waals surface area contributed by atoms with Crippen molar-refractivity contribution in [1.29, 1.82) is 0 Å². The lowest BCUT2D eigenvalue weighted by atomic mass is 9.98. The van der Waals surface area contributed by atoms with Crippen molar-refractivity contribution in [3.8, 4) is 11.1 Å². The third-order valence-electron chi connectivity index (χ3n) is 8.71. The summed E-state index contributed by atoms with van der Waals surface area (Å²) in [5.74, 6) is -1.97. The Morgan fingerprint density at radius 2 is 1.62 bits per heavy atom. The minimum atomic E-state index is -1.51. The molecule has 1 fully saturated rings. The molecule has 14 nitrogen and oxygen atoms in total. The number of imidazole rings is 1. The molecule has 0 unspecified atom stereocenters. The summed E-state index contributed by atoms with van der Waals surface area (Å²) in [6.07, 6.45) is -5.54. The fraction of sp³-hybridized carbons (Fsp3) is 0.278. The Bertz CT molecular complexity index is 2080. The number of fused-ring (bicyclic) bond motifs is 4. The number of carbonyl (C=O) groups is 3. The maximum atomic E-state index is 13.5. The quantitative estimate of drug-likeness (QED) is 0.200. The average Bonchev–Trinajstić information content (AvgIpc) is 3.69. The Labute approximate surface area is 285 Å². The minimum Gasteiger partial charge on any atom is -0.452 e. The second-order valence-corrected chi connectivity index (χ2v) is 12.3. The highest BCUT2D eigenvalue weighted by atomic mass is 16.7. The fourth-order valence-electron chi connectivity index (χ4n) is 6.21. The second-order valence-electron chi connectivity index (χ2n) is 12.3. The topological polar surface area (TPSA) is 184 Å². The molecule has 3 N–H and O–H groups in total. The number of benzene rings is 3. The van der Waals surface area contributed by atoms with E-state index in [1.54, 1.807) is 44.2 Å². The number of aliphatic hydroxyl groups excluding tert-OH is 1. The number of hydrogen-bond acceptors (Lipinski definition) is 11. The lowest BCUT2D eigenvalue weighted by molar-refractivity contribution is -0.214. The van der Waals surface area contributed by atoms with Crippen LogP contribution in [0.15, 0.2) is 90.0 Å². The highest BCUT2D eigenvalue weighted by Crippen LogP contribution is 2.44. The minimum absolute atomic E-state index is 0.0246. The molecule has 1 saturated heterocycles. The number of anilines is 1. The SMILES string of the molecule is CC(C)C(=O)Nc1nc2c(ncn2[C@@H]2OC[C@H](O)[C@H](OC(=O)c3ccccc3)[C@H]2OC(=O)OCC2c3ccccc3-c3ccccc32)c(=O)[nH]1. The van der Waals surface area contributed by atoms with Crippen LogP contribution in [0.3, 0.4) is 0 Å². The zero-order valence-corrected chi connectivity index (χ0v) is 27.0. The molecule has 0 spiro atoms. The molecule has 5 aromatic rings. The van der Waals surface area contributed by atoms with E-state index in [9.17, 15) is 24.3 Å². The molecule has 3 heterocycles. The smallest absolute Gasteiger partial charge is 0.452 e. The van der Waals surface area contributed by atoms with E-state index >= 15 is 0 Å². The van der Waals surface area contributed by atoms with E-state index in [1.807, 2.05) is 48.5 Å². The number of hydrogen-bond donors (Lipinski definition) is 3. The van der Waals surface area contributed by atoms with Crippen molar-refractivity contribution in [1.82, 2.24) is 19.5 Å².